The van der Waals surface area contributed by atoms with Gasteiger partial charge in [-0.05, 0) is 48.6 Å². The monoisotopic (exact) mass is 347 g/mol. The Bertz CT molecular complexity index is 739. The van der Waals surface area contributed by atoms with Crippen LogP contribution in [0.25, 0.3) is 0 Å². The molecule has 0 unspecified atom stereocenters. The third-order valence-electron chi connectivity index (χ3n) is 3.93. The van der Waals surface area contributed by atoms with Crippen molar-refractivity contribution in [2.45, 2.75) is 37.5 Å². The summed E-state index contributed by atoms with van der Waals surface area (Å²) in [5.74, 6) is 0.775. The van der Waals surface area contributed by atoms with Gasteiger partial charge in [0, 0.05) is 6.54 Å². The number of methoxy groups -OCH3 is 1. The van der Waals surface area contributed by atoms with Gasteiger partial charge in [0.05, 0.1) is 12.0 Å². The lowest BCUT2D eigenvalue weighted by Gasteiger charge is -2.10. The van der Waals surface area contributed by atoms with Crippen molar-refractivity contribution in [2.75, 3.05) is 13.7 Å². The number of hydrogen-bond acceptors (Lipinski definition) is 3. The molecule has 0 aromatic heterocycles. The third-order valence-corrected chi connectivity index (χ3v) is 5.41. The van der Waals surface area contributed by atoms with E-state index in [9.17, 15) is 8.42 Å². The summed E-state index contributed by atoms with van der Waals surface area (Å²) in [7, 11) is -1.86. The van der Waals surface area contributed by atoms with E-state index >= 15 is 0 Å². The highest BCUT2D eigenvalue weighted by molar-refractivity contribution is 7.89. The van der Waals surface area contributed by atoms with Crippen LogP contribution in [0.4, 0.5) is 0 Å². The minimum atomic E-state index is -3.48. The van der Waals surface area contributed by atoms with E-state index in [2.05, 4.69) is 11.6 Å². The van der Waals surface area contributed by atoms with Crippen LogP contribution in [0.3, 0.4) is 0 Å². The number of ether oxygens (including phenoxy) is 1. The number of nitrogens with one attached hydrogen (secondary N) is 1. The summed E-state index contributed by atoms with van der Waals surface area (Å²) in [4.78, 5) is 0.308. The van der Waals surface area contributed by atoms with E-state index in [0.29, 0.717) is 17.9 Å². The highest BCUT2D eigenvalue weighted by Gasteiger charge is 2.13. The molecule has 0 saturated heterocycles. The Morgan fingerprint density at radius 2 is 1.71 bits per heavy atom. The van der Waals surface area contributed by atoms with Gasteiger partial charge in [-0.1, -0.05) is 43.7 Å². The molecule has 24 heavy (non-hydrogen) atoms. The van der Waals surface area contributed by atoms with Crippen molar-refractivity contribution < 1.29 is 13.2 Å². The molecule has 2 aromatic carbocycles. The predicted molar refractivity (Wildman–Crippen MR) is 96.9 cm³/mol. The van der Waals surface area contributed by atoms with Crippen LogP contribution in [0, 0.1) is 0 Å². The molecule has 5 heteroatoms. The second-order valence-corrected chi connectivity index (χ2v) is 7.47. The van der Waals surface area contributed by atoms with E-state index in [-0.39, 0.29) is 0 Å². The number of benzene rings is 2. The Labute approximate surface area is 144 Å². The Hall–Kier alpha value is -1.85. The number of sulfonamides is 1. The standard InChI is InChI=1S/C19H25NO3S/c1-3-4-7-16-10-12-18(13-11-16)24(21,22)20-15-14-17-8-5-6-9-19(17)23-2/h5-6,8-13,20H,3-4,7,14-15H2,1-2H3. The molecule has 0 fully saturated rings. The molecule has 4 nitrogen and oxygen atoms in total. The maximum atomic E-state index is 12.4. The lowest BCUT2D eigenvalue weighted by Crippen LogP contribution is -2.26. The molecule has 0 aliphatic heterocycles. The van der Waals surface area contributed by atoms with Crippen molar-refractivity contribution in [3.05, 3.63) is 59.7 Å². The average Bonchev–Trinajstić information content (AvgIpc) is 2.60. The van der Waals surface area contributed by atoms with Crippen LogP contribution in [0.2, 0.25) is 0 Å². The van der Waals surface area contributed by atoms with Crippen molar-refractivity contribution in [2.24, 2.45) is 0 Å². The largest absolute Gasteiger partial charge is 0.496 e. The fourth-order valence-corrected chi connectivity index (χ4v) is 3.56. The van der Waals surface area contributed by atoms with E-state index in [0.717, 1.165) is 30.6 Å². The fraction of sp³-hybridized carbons (Fsp3) is 0.368. The molecule has 0 radical (unpaired) electrons. The molecule has 0 saturated carbocycles. The molecule has 2 aromatic rings. The first kappa shape index (κ1) is 18.5. The first-order valence-corrected chi connectivity index (χ1v) is 9.75. The second-order valence-electron chi connectivity index (χ2n) is 5.71. The van der Waals surface area contributed by atoms with E-state index in [1.165, 1.54) is 5.56 Å². The molecular formula is C19H25NO3S. The quantitative estimate of drug-likeness (QED) is 0.754. The second kappa shape index (κ2) is 8.85. The lowest BCUT2D eigenvalue weighted by molar-refractivity contribution is 0.409. The molecule has 0 spiro atoms. The van der Waals surface area contributed by atoms with Gasteiger partial charge in [0.25, 0.3) is 0 Å². The third kappa shape index (κ3) is 5.08. The lowest BCUT2D eigenvalue weighted by atomic mass is 10.1. The molecule has 0 aliphatic carbocycles. The van der Waals surface area contributed by atoms with Crippen molar-refractivity contribution >= 4 is 10.0 Å². The van der Waals surface area contributed by atoms with Crippen LogP contribution < -0.4 is 9.46 Å². The van der Waals surface area contributed by atoms with Gasteiger partial charge < -0.3 is 4.74 Å². The van der Waals surface area contributed by atoms with Crippen LogP contribution in [0.15, 0.2) is 53.4 Å². The first-order chi connectivity index (χ1) is 11.6. The number of unbranched alkanes of at least 4 members (excludes halogenated alkanes) is 1. The topological polar surface area (TPSA) is 55.4 Å². The van der Waals surface area contributed by atoms with Crippen LogP contribution in [-0.2, 0) is 22.9 Å². The van der Waals surface area contributed by atoms with Crippen LogP contribution >= 0.6 is 0 Å². The van der Waals surface area contributed by atoms with Gasteiger partial charge in [0.15, 0.2) is 0 Å². The van der Waals surface area contributed by atoms with Gasteiger partial charge >= 0.3 is 0 Å². The molecule has 1 N–H and O–H groups in total. The number of rotatable bonds is 9. The summed E-state index contributed by atoms with van der Waals surface area (Å²) in [6.07, 6.45) is 3.81. The van der Waals surface area contributed by atoms with Gasteiger partial charge in [0.1, 0.15) is 5.75 Å². The Morgan fingerprint density at radius 1 is 1.00 bits per heavy atom. The zero-order valence-corrected chi connectivity index (χ0v) is 15.1. The smallest absolute Gasteiger partial charge is 0.240 e. The van der Waals surface area contributed by atoms with Gasteiger partial charge in [-0.3, -0.25) is 0 Å². The van der Waals surface area contributed by atoms with Crippen LogP contribution in [0.1, 0.15) is 30.9 Å². The fourth-order valence-electron chi connectivity index (χ4n) is 2.53. The average molecular weight is 347 g/mol. The van der Waals surface area contributed by atoms with Crippen molar-refractivity contribution in [1.29, 1.82) is 0 Å². The highest BCUT2D eigenvalue weighted by atomic mass is 32.2. The van der Waals surface area contributed by atoms with Gasteiger partial charge in [0.2, 0.25) is 10.0 Å². The van der Waals surface area contributed by atoms with Gasteiger partial charge in [-0.25, -0.2) is 13.1 Å². The summed E-state index contributed by atoms with van der Waals surface area (Å²) in [6.45, 7) is 2.48. The maximum absolute atomic E-state index is 12.4. The summed E-state index contributed by atoms with van der Waals surface area (Å²) >= 11 is 0. The summed E-state index contributed by atoms with van der Waals surface area (Å²) in [5, 5.41) is 0. The van der Waals surface area contributed by atoms with Crippen LogP contribution in [0.5, 0.6) is 5.75 Å². The SMILES string of the molecule is CCCCc1ccc(S(=O)(=O)NCCc2ccccc2OC)cc1. The first-order valence-electron chi connectivity index (χ1n) is 8.27. The normalized spacial score (nSPS) is 11.4. The van der Waals surface area contributed by atoms with E-state index in [4.69, 9.17) is 4.74 Å². The van der Waals surface area contributed by atoms with E-state index in [1.54, 1.807) is 19.2 Å². The molecule has 0 heterocycles. The molecular weight excluding hydrogens is 322 g/mol. The van der Waals surface area contributed by atoms with Crippen molar-refractivity contribution in [3.63, 3.8) is 0 Å². The zero-order chi connectivity index (χ0) is 17.4. The Morgan fingerprint density at radius 3 is 2.38 bits per heavy atom. The minimum absolute atomic E-state index is 0.308. The summed E-state index contributed by atoms with van der Waals surface area (Å²) in [6, 6.07) is 14.8. The van der Waals surface area contributed by atoms with Crippen LogP contribution in [-0.4, -0.2) is 22.1 Å². The summed E-state index contributed by atoms with van der Waals surface area (Å²) < 4.78 is 32.7. The molecule has 130 valence electrons. The molecule has 0 atom stereocenters. The van der Waals surface area contributed by atoms with Crippen molar-refractivity contribution in [3.8, 4) is 5.75 Å². The molecule has 0 aliphatic rings. The number of para-hydroxylation sites is 1. The molecule has 0 bridgehead atoms. The predicted octanol–water partition coefficient (Wildman–Crippen LogP) is 3.56. The maximum Gasteiger partial charge on any atom is 0.240 e. The number of hydrogen-bond donors (Lipinski definition) is 1. The van der Waals surface area contributed by atoms with Gasteiger partial charge in [-0.2, -0.15) is 0 Å². The highest BCUT2D eigenvalue weighted by Crippen LogP contribution is 2.18. The van der Waals surface area contributed by atoms with E-state index < -0.39 is 10.0 Å². The van der Waals surface area contributed by atoms with Crippen molar-refractivity contribution in [1.82, 2.24) is 4.72 Å². The zero-order valence-electron chi connectivity index (χ0n) is 14.3. The minimum Gasteiger partial charge on any atom is -0.496 e. The molecule has 2 rings (SSSR count). The number of aryl methyl sites for hydroxylation is 1. The Balaban J connectivity index is 1.95. The van der Waals surface area contributed by atoms with Gasteiger partial charge in [-0.15, -0.1) is 0 Å². The summed E-state index contributed by atoms with van der Waals surface area (Å²) in [5.41, 5.74) is 2.16. The molecule has 0 amide bonds. The Kier molecular flexibility index (Phi) is 6.82. The van der Waals surface area contributed by atoms with E-state index in [1.807, 2.05) is 36.4 Å².